The zero-order valence-electron chi connectivity index (χ0n) is 19.9. The number of rotatable bonds is 8. The molecule has 4 rings (SSSR count). The van der Waals surface area contributed by atoms with Gasteiger partial charge in [-0.25, -0.2) is 0 Å². The van der Waals surface area contributed by atoms with Gasteiger partial charge in [0.2, 0.25) is 5.91 Å². The van der Waals surface area contributed by atoms with Gasteiger partial charge in [0, 0.05) is 25.1 Å². The summed E-state index contributed by atoms with van der Waals surface area (Å²) in [5, 5.41) is 3.47. The molecule has 0 fully saturated rings. The standard InChI is InChI=1S/C26H29N3O4S/c1-5-32-20-11-10-18(13-21(20)33-6-2)19-14-22(30)27-24-23(19)25(31)28-26(29(24)4)34-15-17-9-7-8-16(3)12-17/h7-13,19H,5-6,14-15H2,1-4H3,(H,27,30). The Labute approximate surface area is 203 Å². The van der Waals surface area contributed by atoms with Gasteiger partial charge in [-0.1, -0.05) is 47.7 Å². The number of carbonyl (C=O) groups excluding carboxylic acids is 1. The summed E-state index contributed by atoms with van der Waals surface area (Å²) >= 11 is 1.47. The highest BCUT2D eigenvalue weighted by Crippen LogP contribution is 2.39. The molecule has 2 aromatic carbocycles. The van der Waals surface area contributed by atoms with E-state index < -0.39 is 5.92 Å². The predicted molar refractivity (Wildman–Crippen MR) is 134 cm³/mol. The molecular formula is C26H29N3O4S. The lowest BCUT2D eigenvalue weighted by molar-refractivity contribution is -0.116. The van der Waals surface area contributed by atoms with E-state index in [1.165, 1.54) is 17.3 Å². The molecule has 1 amide bonds. The van der Waals surface area contributed by atoms with Crippen LogP contribution in [0.15, 0.2) is 52.4 Å². The molecule has 0 bridgehead atoms. The minimum absolute atomic E-state index is 0.139. The molecule has 3 aromatic rings. The van der Waals surface area contributed by atoms with Crippen LogP contribution in [0.4, 0.5) is 5.82 Å². The minimum atomic E-state index is -0.416. The molecule has 1 aliphatic heterocycles. The van der Waals surface area contributed by atoms with Crippen molar-refractivity contribution >= 4 is 23.5 Å². The maximum absolute atomic E-state index is 13.2. The fourth-order valence-corrected chi connectivity index (χ4v) is 5.09. The van der Waals surface area contributed by atoms with Crippen molar-refractivity contribution in [1.29, 1.82) is 0 Å². The van der Waals surface area contributed by atoms with Gasteiger partial charge >= 0.3 is 0 Å². The van der Waals surface area contributed by atoms with Crippen molar-refractivity contribution < 1.29 is 14.3 Å². The van der Waals surface area contributed by atoms with Crippen molar-refractivity contribution in [3.05, 3.63) is 75.1 Å². The number of amides is 1. The quantitative estimate of drug-likeness (QED) is 0.374. The van der Waals surface area contributed by atoms with Gasteiger partial charge in [-0.3, -0.25) is 9.59 Å². The van der Waals surface area contributed by atoms with Crippen molar-refractivity contribution in [1.82, 2.24) is 9.55 Å². The maximum atomic E-state index is 13.2. The van der Waals surface area contributed by atoms with Crippen molar-refractivity contribution in [2.24, 2.45) is 7.05 Å². The first kappa shape index (κ1) is 23.9. The third-order valence-electron chi connectivity index (χ3n) is 5.72. The van der Waals surface area contributed by atoms with Crippen LogP contribution < -0.4 is 20.3 Å². The first-order valence-corrected chi connectivity index (χ1v) is 12.4. The number of hydrogen-bond acceptors (Lipinski definition) is 6. The van der Waals surface area contributed by atoms with Crippen molar-refractivity contribution in [3.8, 4) is 11.5 Å². The molecule has 7 nitrogen and oxygen atoms in total. The van der Waals surface area contributed by atoms with Gasteiger partial charge in [-0.05, 0) is 44.0 Å². The van der Waals surface area contributed by atoms with Crippen LogP contribution in [0.3, 0.4) is 0 Å². The normalized spacial score (nSPS) is 14.9. The second kappa shape index (κ2) is 10.3. The lowest BCUT2D eigenvalue weighted by Crippen LogP contribution is -2.33. The van der Waals surface area contributed by atoms with Crippen molar-refractivity contribution in [2.45, 2.75) is 44.0 Å². The lowest BCUT2D eigenvalue weighted by Gasteiger charge is -2.28. The average molecular weight is 480 g/mol. The summed E-state index contributed by atoms with van der Waals surface area (Å²) in [5.74, 6) is 1.86. The first-order valence-electron chi connectivity index (χ1n) is 11.4. The summed E-state index contributed by atoms with van der Waals surface area (Å²) in [6.07, 6.45) is 0.166. The number of carbonyl (C=O) groups is 1. The number of nitrogens with one attached hydrogen (secondary N) is 1. The fraction of sp³-hybridized carbons (Fsp3) is 0.346. The van der Waals surface area contributed by atoms with Crippen molar-refractivity contribution in [3.63, 3.8) is 0 Å². The van der Waals surface area contributed by atoms with Gasteiger partial charge in [0.1, 0.15) is 5.82 Å². The monoisotopic (exact) mass is 479 g/mol. The van der Waals surface area contributed by atoms with E-state index in [4.69, 9.17) is 9.47 Å². The number of nitrogens with zero attached hydrogens (tertiary/aromatic N) is 2. The molecule has 178 valence electrons. The summed E-state index contributed by atoms with van der Waals surface area (Å²) in [7, 11) is 1.83. The van der Waals surface area contributed by atoms with Crippen LogP contribution in [0.1, 0.15) is 48.4 Å². The summed E-state index contributed by atoms with van der Waals surface area (Å²) in [6.45, 7) is 6.86. The van der Waals surface area contributed by atoms with Crippen LogP contribution in [0.25, 0.3) is 0 Å². The van der Waals surface area contributed by atoms with Crippen LogP contribution >= 0.6 is 11.8 Å². The third kappa shape index (κ3) is 4.97. The lowest BCUT2D eigenvalue weighted by atomic mass is 9.86. The number of aromatic nitrogens is 2. The van der Waals surface area contributed by atoms with Gasteiger partial charge in [0.05, 0.1) is 18.8 Å². The van der Waals surface area contributed by atoms with E-state index in [9.17, 15) is 9.59 Å². The molecule has 2 heterocycles. The molecule has 1 aromatic heterocycles. The molecule has 1 N–H and O–H groups in total. The summed E-state index contributed by atoms with van der Waals surface area (Å²) < 4.78 is 13.2. The zero-order valence-corrected chi connectivity index (χ0v) is 20.7. The third-order valence-corrected chi connectivity index (χ3v) is 6.82. The van der Waals surface area contributed by atoms with E-state index in [-0.39, 0.29) is 17.9 Å². The Morgan fingerprint density at radius 3 is 2.59 bits per heavy atom. The van der Waals surface area contributed by atoms with E-state index in [0.29, 0.717) is 47.0 Å². The SMILES string of the molecule is CCOc1ccc(C2CC(=O)Nc3c2c(=O)nc(SCc2cccc(C)c2)n3C)cc1OCC. The minimum Gasteiger partial charge on any atom is -0.490 e. The molecule has 0 saturated carbocycles. The Hall–Kier alpha value is -3.26. The fourth-order valence-electron chi connectivity index (χ4n) is 4.18. The Bertz CT molecular complexity index is 1270. The molecule has 1 unspecified atom stereocenters. The molecular weight excluding hydrogens is 450 g/mol. The van der Waals surface area contributed by atoms with Crippen LogP contribution in [0.5, 0.6) is 11.5 Å². The number of ether oxygens (including phenoxy) is 2. The second-order valence-corrected chi connectivity index (χ2v) is 9.12. The largest absolute Gasteiger partial charge is 0.490 e. The first-order chi connectivity index (χ1) is 16.4. The summed E-state index contributed by atoms with van der Waals surface area (Å²) in [4.78, 5) is 30.3. The number of hydrogen-bond donors (Lipinski definition) is 1. The summed E-state index contributed by atoms with van der Waals surface area (Å²) in [6, 6.07) is 13.8. The number of anilines is 1. The Balaban J connectivity index is 1.71. The van der Waals surface area contributed by atoms with Gasteiger partial charge < -0.3 is 19.4 Å². The molecule has 34 heavy (non-hydrogen) atoms. The van der Waals surface area contributed by atoms with E-state index >= 15 is 0 Å². The van der Waals surface area contributed by atoms with E-state index in [1.807, 2.05) is 45.2 Å². The molecule has 8 heteroatoms. The maximum Gasteiger partial charge on any atom is 0.279 e. The van der Waals surface area contributed by atoms with E-state index in [1.54, 1.807) is 4.57 Å². The Kier molecular flexibility index (Phi) is 7.26. The van der Waals surface area contributed by atoms with Crippen LogP contribution in [-0.2, 0) is 17.6 Å². The molecule has 0 saturated heterocycles. The van der Waals surface area contributed by atoms with Gasteiger partial charge in [0.25, 0.3) is 5.56 Å². The van der Waals surface area contributed by atoms with Crippen LogP contribution in [0, 0.1) is 6.92 Å². The number of fused-ring (bicyclic) bond motifs is 1. The second-order valence-electron chi connectivity index (χ2n) is 8.18. The summed E-state index contributed by atoms with van der Waals surface area (Å²) in [5.41, 5.74) is 3.33. The van der Waals surface area contributed by atoms with E-state index in [0.717, 1.165) is 11.1 Å². The Morgan fingerprint density at radius 2 is 1.85 bits per heavy atom. The topological polar surface area (TPSA) is 82.5 Å². The van der Waals surface area contributed by atoms with Crippen LogP contribution in [-0.4, -0.2) is 28.7 Å². The Morgan fingerprint density at radius 1 is 1.09 bits per heavy atom. The molecule has 0 aliphatic carbocycles. The average Bonchev–Trinajstić information content (AvgIpc) is 2.81. The highest BCUT2D eigenvalue weighted by molar-refractivity contribution is 7.98. The van der Waals surface area contributed by atoms with Gasteiger partial charge in [0.15, 0.2) is 16.7 Å². The zero-order chi connectivity index (χ0) is 24.2. The number of aryl methyl sites for hydroxylation is 1. The highest BCUT2D eigenvalue weighted by atomic mass is 32.2. The molecule has 0 spiro atoms. The van der Waals surface area contributed by atoms with Crippen LogP contribution in [0.2, 0.25) is 0 Å². The van der Waals surface area contributed by atoms with Crippen molar-refractivity contribution in [2.75, 3.05) is 18.5 Å². The smallest absolute Gasteiger partial charge is 0.279 e. The molecule has 1 atom stereocenters. The predicted octanol–water partition coefficient (Wildman–Crippen LogP) is 4.65. The van der Waals surface area contributed by atoms with E-state index in [2.05, 4.69) is 35.4 Å². The van der Waals surface area contributed by atoms with Gasteiger partial charge in [-0.2, -0.15) is 4.98 Å². The number of thioether (sulfide) groups is 1. The number of benzene rings is 2. The van der Waals surface area contributed by atoms with Gasteiger partial charge in [-0.15, -0.1) is 0 Å². The molecule has 1 aliphatic rings. The molecule has 0 radical (unpaired) electrons. The highest BCUT2D eigenvalue weighted by Gasteiger charge is 2.32.